The number of hydrogen-bond acceptors (Lipinski definition) is 8. The van der Waals surface area contributed by atoms with Crippen molar-refractivity contribution in [1.29, 1.82) is 0 Å². The number of carbonyl (C=O) groups is 1. The average Bonchev–Trinajstić information content (AvgIpc) is 3.35. The minimum atomic E-state index is -5.08. The molecule has 0 fully saturated rings. The molecule has 228 valence electrons. The molecular formula is C27H28ClF3N2O8S. The predicted molar refractivity (Wildman–Crippen MR) is 148 cm³/mol. The maximum atomic E-state index is 11.5. The third-order valence-corrected chi connectivity index (χ3v) is 6.74. The smallest absolute Gasteiger partial charge is 0.490 e. The highest BCUT2D eigenvalue weighted by atomic mass is 35.5. The summed E-state index contributed by atoms with van der Waals surface area (Å²) in [4.78, 5) is 8.90. The van der Waals surface area contributed by atoms with Gasteiger partial charge in [-0.25, -0.2) is 13.2 Å². The van der Waals surface area contributed by atoms with Crippen LogP contribution in [0.1, 0.15) is 22.7 Å². The molecule has 1 aliphatic rings. The highest BCUT2D eigenvalue weighted by Crippen LogP contribution is 2.39. The lowest BCUT2D eigenvalue weighted by Gasteiger charge is -2.23. The number of rotatable bonds is 10. The van der Waals surface area contributed by atoms with E-state index in [1.807, 2.05) is 36.4 Å². The number of sulfonamides is 1. The van der Waals surface area contributed by atoms with Crippen LogP contribution < -0.4 is 19.5 Å². The normalized spacial score (nSPS) is 14.0. The molecule has 3 aromatic rings. The average molecular weight is 633 g/mol. The Morgan fingerprint density at radius 2 is 1.64 bits per heavy atom. The number of carboxylic acids is 1. The van der Waals surface area contributed by atoms with Gasteiger partial charge < -0.3 is 30.1 Å². The molecule has 0 aliphatic carbocycles. The quantitative estimate of drug-likeness (QED) is 0.206. The summed E-state index contributed by atoms with van der Waals surface area (Å²) in [5, 5.41) is 31.7. The van der Waals surface area contributed by atoms with E-state index in [1.165, 1.54) is 12.1 Å². The van der Waals surface area contributed by atoms with Gasteiger partial charge in [-0.2, -0.15) is 13.2 Å². The first-order chi connectivity index (χ1) is 19.6. The van der Waals surface area contributed by atoms with Crippen LogP contribution in [0.4, 0.5) is 18.9 Å². The molecule has 15 heteroatoms. The number of aliphatic carboxylic acids is 1. The SMILES string of the molecule is CS(=O)(=O)Nc1cc(C[C@H](O)CNC(Cc2ccccc2)c2cc3c(cc2Cl)OCO3)ccc1O.O=C(O)C(F)(F)F. The number of aliphatic hydroxyl groups excluding tert-OH is 1. The fourth-order valence-electron chi connectivity index (χ4n) is 3.96. The highest BCUT2D eigenvalue weighted by molar-refractivity contribution is 7.92. The Bertz CT molecular complexity index is 1490. The van der Waals surface area contributed by atoms with Crippen molar-refractivity contribution in [2.24, 2.45) is 0 Å². The summed E-state index contributed by atoms with van der Waals surface area (Å²) < 4.78 is 68.0. The van der Waals surface area contributed by atoms with E-state index >= 15 is 0 Å². The molecule has 3 aromatic carbocycles. The Hall–Kier alpha value is -3.72. The van der Waals surface area contributed by atoms with E-state index in [2.05, 4.69) is 10.0 Å². The zero-order valence-electron chi connectivity index (χ0n) is 22.1. The van der Waals surface area contributed by atoms with Gasteiger partial charge in [0.15, 0.2) is 11.5 Å². The Labute approximate surface area is 244 Å². The number of aliphatic hydroxyl groups is 1. The topological polar surface area (TPSA) is 154 Å². The number of ether oxygens (including phenoxy) is 2. The Morgan fingerprint density at radius 1 is 1.02 bits per heavy atom. The molecule has 0 radical (unpaired) electrons. The maximum absolute atomic E-state index is 11.5. The minimum absolute atomic E-state index is 0.0688. The Balaban J connectivity index is 0.000000616. The molecule has 5 N–H and O–H groups in total. The van der Waals surface area contributed by atoms with Gasteiger partial charge in [0.25, 0.3) is 0 Å². The van der Waals surface area contributed by atoms with E-state index in [-0.39, 0.29) is 37.2 Å². The summed E-state index contributed by atoms with van der Waals surface area (Å²) in [7, 11) is -3.55. The van der Waals surface area contributed by atoms with Crippen LogP contribution in [0, 0.1) is 0 Å². The number of aromatic hydroxyl groups is 1. The van der Waals surface area contributed by atoms with Crippen molar-refractivity contribution in [3.05, 3.63) is 82.4 Å². The molecule has 0 saturated carbocycles. The van der Waals surface area contributed by atoms with Crippen LogP contribution in [0.15, 0.2) is 60.7 Å². The van der Waals surface area contributed by atoms with Crippen LogP contribution in [0.2, 0.25) is 5.02 Å². The van der Waals surface area contributed by atoms with E-state index in [1.54, 1.807) is 12.1 Å². The Morgan fingerprint density at radius 3 is 2.24 bits per heavy atom. The van der Waals surface area contributed by atoms with Crippen molar-refractivity contribution >= 4 is 33.3 Å². The predicted octanol–water partition coefficient (Wildman–Crippen LogP) is 4.26. The van der Waals surface area contributed by atoms with Gasteiger partial charge >= 0.3 is 12.1 Å². The molecular weight excluding hydrogens is 605 g/mol. The van der Waals surface area contributed by atoms with E-state index in [0.29, 0.717) is 28.5 Å². The lowest BCUT2D eigenvalue weighted by Crippen LogP contribution is -2.33. The van der Waals surface area contributed by atoms with Crippen molar-refractivity contribution < 1.29 is 51.2 Å². The Kier molecular flexibility index (Phi) is 10.9. The number of carboxylic acid groups (broad SMARTS) is 1. The summed E-state index contributed by atoms with van der Waals surface area (Å²) in [5.41, 5.74) is 2.67. The number of phenols is 1. The standard InChI is InChI=1S/C25H27ClN2O6S.C2HF3O2/c1-35(31,32)28-22-11-17(7-8-23(22)30)9-18(29)14-27-21(10-16-5-3-2-4-6-16)19-12-24-25(13-20(19)26)34-15-33-24;3-2(4,5)1(6)7/h2-8,11-13,18,21,27-30H,9-10,14-15H2,1H3;(H,6,7)/t18-,21?;/m0./s1. The van der Waals surface area contributed by atoms with Crippen LogP contribution in [0.25, 0.3) is 0 Å². The fourth-order valence-corrected chi connectivity index (χ4v) is 4.80. The van der Waals surface area contributed by atoms with Crippen molar-refractivity contribution in [3.8, 4) is 17.2 Å². The first kappa shape index (κ1) is 32.8. The maximum Gasteiger partial charge on any atom is 0.490 e. The van der Waals surface area contributed by atoms with Crippen LogP contribution in [0.3, 0.4) is 0 Å². The first-order valence-electron chi connectivity index (χ1n) is 12.3. The fraction of sp³-hybridized carbons (Fsp3) is 0.296. The molecule has 0 amide bonds. The molecule has 42 heavy (non-hydrogen) atoms. The molecule has 0 saturated heterocycles. The molecule has 1 unspecified atom stereocenters. The second kappa shape index (κ2) is 14.0. The van der Waals surface area contributed by atoms with Gasteiger partial charge in [0.05, 0.1) is 18.0 Å². The number of benzene rings is 3. The number of alkyl halides is 3. The van der Waals surface area contributed by atoms with Crippen LogP contribution >= 0.6 is 11.6 Å². The van der Waals surface area contributed by atoms with Gasteiger partial charge in [-0.3, -0.25) is 4.72 Å². The summed E-state index contributed by atoms with van der Waals surface area (Å²) in [5.74, 6) is -1.72. The zero-order chi connectivity index (χ0) is 31.1. The van der Waals surface area contributed by atoms with Gasteiger partial charge in [-0.15, -0.1) is 0 Å². The number of anilines is 1. The van der Waals surface area contributed by atoms with Crippen LogP contribution in [-0.2, 0) is 27.7 Å². The summed E-state index contributed by atoms with van der Waals surface area (Å²) in [6, 6.07) is 17.9. The van der Waals surface area contributed by atoms with Crippen LogP contribution in [0.5, 0.6) is 17.2 Å². The molecule has 1 heterocycles. The molecule has 1 aliphatic heterocycles. The van der Waals surface area contributed by atoms with Crippen LogP contribution in [-0.4, -0.2) is 61.6 Å². The molecule has 4 rings (SSSR count). The van der Waals surface area contributed by atoms with Gasteiger partial charge in [-0.1, -0.05) is 48.0 Å². The molecule has 0 spiro atoms. The second-order valence-corrected chi connectivity index (χ2v) is 11.4. The lowest BCUT2D eigenvalue weighted by atomic mass is 9.97. The molecule has 0 bridgehead atoms. The van der Waals surface area contributed by atoms with Crippen molar-refractivity contribution in [1.82, 2.24) is 5.32 Å². The highest BCUT2D eigenvalue weighted by Gasteiger charge is 2.38. The summed E-state index contributed by atoms with van der Waals surface area (Å²) in [6.45, 7) is 0.394. The number of nitrogens with one attached hydrogen (secondary N) is 2. The van der Waals surface area contributed by atoms with Crippen molar-refractivity contribution in [3.63, 3.8) is 0 Å². The monoisotopic (exact) mass is 632 g/mol. The summed E-state index contributed by atoms with van der Waals surface area (Å²) >= 11 is 6.58. The van der Waals surface area contributed by atoms with E-state index in [0.717, 1.165) is 17.4 Å². The van der Waals surface area contributed by atoms with Crippen molar-refractivity contribution in [2.45, 2.75) is 31.2 Å². The number of hydrogen-bond donors (Lipinski definition) is 5. The summed E-state index contributed by atoms with van der Waals surface area (Å²) in [6.07, 6.45) is -3.98. The first-order valence-corrected chi connectivity index (χ1v) is 14.5. The molecule has 10 nitrogen and oxygen atoms in total. The number of phenolic OH excluding ortho intramolecular Hbond substituents is 1. The molecule has 0 aromatic heterocycles. The number of halogens is 4. The van der Waals surface area contributed by atoms with Gasteiger partial charge in [0.1, 0.15) is 5.75 Å². The lowest BCUT2D eigenvalue weighted by molar-refractivity contribution is -0.192. The van der Waals surface area contributed by atoms with E-state index in [4.69, 9.17) is 31.0 Å². The second-order valence-electron chi connectivity index (χ2n) is 9.26. The zero-order valence-corrected chi connectivity index (χ0v) is 23.6. The largest absolute Gasteiger partial charge is 0.506 e. The number of fused-ring (bicyclic) bond motifs is 1. The van der Waals surface area contributed by atoms with Gasteiger partial charge in [-0.05, 0) is 47.7 Å². The van der Waals surface area contributed by atoms with Crippen molar-refractivity contribution in [2.75, 3.05) is 24.3 Å². The van der Waals surface area contributed by atoms with Gasteiger partial charge in [0, 0.05) is 23.7 Å². The molecule has 2 atom stereocenters. The van der Waals surface area contributed by atoms with Gasteiger partial charge in [0.2, 0.25) is 16.8 Å². The third-order valence-electron chi connectivity index (χ3n) is 5.82. The minimum Gasteiger partial charge on any atom is -0.506 e. The third kappa shape index (κ3) is 9.98. The van der Waals surface area contributed by atoms with E-state index in [9.17, 15) is 31.8 Å². The van der Waals surface area contributed by atoms with E-state index < -0.39 is 28.3 Å².